The second-order valence-corrected chi connectivity index (χ2v) is 21.7. The third-order valence-corrected chi connectivity index (χ3v) is 15.5. The maximum atomic E-state index is 15.4. The number of carbonyl (C=O) groups is 8. The highest BCUT2D eigenvalue weighted by Gasteiger charge is 2.40. The molecule has 5 aromatic carbocycles. The molecule has 0 spiro atoms. The molecule has 1 heterocycles. The van der Waals surface area contributed by atoms with E-state index in [1.54, 1.807) is 33.9 Å². The van der Waals surface area contributed by atoms with E-state index in [4.69, 9.17) is 0 Å². The van der Waals surface area contributed by atoms with Crippen LogP contribution in [0.3, 0.4) is 0 Å². The number of aliphatic carboxylic acids is 2. The maximum absolute atomic E-state index is 15.4. The average Bonchev–Trinajstić information content (AvgIpc) is 3.79. The van der Waals surface area contributed by atoms with Crippen molar-refractivity contribution in [1.29, 1.82) is 0 Å². The molecule has 0 radical (unpaired) electrons. The summed E-state index contributed by atoms with van der Waals surface area (Å²) in [5.41, 5.74) is 6.50. The van der Waals surface area contributed by atoms with Crippen molar-refractivity contribution in [3.63, 3.8) is 0 Å². The molecule has 6 amide bonds. The zero-order valence-corrected chi connectivity index (χ0v) is 46.7. The van der Waals surface area contributed by atoms with Gasteiger partial charge in [0.05, 0.1) is 12.3 Å². The SMILES string of the molecule is CC[C@H](C)[C@H](NC(=O)[C@H](CC(=O)O)NC(=O)[C@H](CC(C)C)NC(=O)[C@@H](NC(=O)C1c2ccccc2CCc2ccccc21)C(c1ccccc1)c1ccccc1)C(=O)N[C@H](C(=O)N[C@@H](Cc1c[nH]c2ccccc12)C(=O)O)[C@@H](C)CC. The third-order valence-electron chi connectivity index (χ3n) is 15.5. The van der Waals surface area contributed by atoms with Crippen LogP contribution in [0.1, 0.15) is 118 Å². The highest BCUT2D eigenvalue weighted by atomic mass is 16.4. The van der Waals surface area contributed by atoms with Crippen molar-refractivity contribution in [2.75, 3.05) is 0 Å². The van der Waals surface area contributed by atoms with Crippen LogP contribution >= 0.6 is 0 Å². The van der Waals surface area contributed by atoms with Gasteiger partial charge >= 0.3 is 11.9 Å². The first-order valence-corrected chi connectivity index (χ1v) is 28.0. The van der Waals surface area contributed by atoms with Crippen molar-refractivity contribution in [1.82, 2.24) is 36.9 Å². The fraction of sp³-hybridized carbons (Fsp3) is 0.375. The monoisotopic (exact) mass is 1100 g/mol. The van der Waals surface area contributed by atoms with E-state index in [1.165, 1.54) is 0 Å². The van der Waals surface area contributed by atoms with Gasteiger partial charge in [-0.05, 0) is 82.0 Å². The molecule has 17 heteroatoms. The number of H-pyrrole nitrogens is 1. The molecular weight excluding hydrogens is 1030 g/mol. The van der Waals surface area contributed by atoms with Gasteiger partial charge in [0.25, 0.3) is 0 Å². The number of para-hydroxylation sites is 1. The van der Waals surface area contributed by atoms with Gasteiger partial charge in [0.15, 0.2) is 0 Å². The lowest BCUT2D eigenvalue weighted by molar-refractivity contribution is -0.142. The van der Waals surface area contributed by atoms with Gasteiger partial charge in [-0.25, -0.2) is 4.79 Å². The summed E-state index contributed by atoms with van der Waals surface area (Å²) >= 11 is 0. The Hall–Kier alpha value is -8.60. The van der Waals surface area contributed by atoms with Crippen LogP contribution in [0.15, 0.2) is 140 Å². The van der Waals surface area contributed by atoms with Gasteiger partial charge in [-0.15, -0.1) is 0 Å². The van der Waals surface area contributed by atoms with E-state index in [0.717, 1.165) is 33.2 Å². The van der Waals surface area contributed by atoms with Gasteiger partial charge in [0.2, 0.25) is 35.4 Å². The second kappa shape index (κ2) is 28.0. The molecule has 0 bridgehead atoms. The van der Waals surface area contributed by atoms with Crippen molar-refractivity contribution in [3.05, 3.63) is 179 Å². The van der Waals surface area contributed by atoms with E-state index in [-0.39, 0.29) is 18.8 Å². The van der Waals surface area contributed by atoms with Crippen LogP contribution in [0.4, 0.5) is 0 Å². The summed E-state index contributed by atoms with van der Waals surface area (Å²) in [7, 11) is 0. The molecule has 0 fully saturated rings. The van der Waals surface area contributed by atoms with Crippen LogP contribution in [0.5, 0.6) is 0 Å². The minimum absolute atomic E-state index is 0.0336. The number of fused-ring (bicyclic) bond motifs is 3. The predicted octanol–water partition coefficient (Wildman–Crippen LogP) is 7.08. The Morgan fingerprint density at radius 3 is 1.51 bits per heavy atom. The number of hydrogen-bond acceptors (Lipinski definition) is 8. The first-order chi connectivity index (χ1) is 38.9. The number of benzene rings is 5. The summed E-state index contributed by atoms with van der Waals surface area (Å²) < 4.78 is 0. The lowest BCUT2D eigenvalue weighted by atomic mass is 9.82. The number of carboxylic acids is 2. The molecule has 9 N–H and O–H groups in total. The van der Waals surface area contributed by atoms with Crippen LogP contribution in [0, 0.1) is 17.8 Å². The first kappa shape index (κ1) is 60.0. The molecule has 81 heavy (non-hydrogen) atoms. The van der Waals surface area contributed by atoms with E-state index in [2.05, 4.69) is 36.9 Å². The zero-order chi connectivity index (χ0) is 58.3. The number of aromatic amines is 1. The fourth-order valence-electron chi connectivity index (χ4n) is 10.7. The molecule has 0 unspecified atom stereocenters. The number of amides is 6. The Balaban J connectivity index is 1.14. The molecular formula is C64H75N7O10. The van der Waals surface area contributed by atoms with E-state index < -0.39 is 114 Å². The average molecular weight is 1100 g/mol. The van der Waals surface area contributed by atoms with Crippen LogP contribution in [-0.4, -0.2) is 98.8 Å². The van der Waals surface area contributed by atoms with E-state index >= 15 is 9.59 Å². The van der Waals surface area contributed by atoms with Crippen LogP contribution < -0.4 is 31.9 Å². The second-order valence-electron chi connectivity index (χ2n) is 21.7. The molecule has 1 aromatic heterocycles. The van der Waals surface area contributed by atoms with E-state index in [0.29, 0.717) is 42.4 Å². The molecule has 0 aliphatic heterocycles. The van der Waals surface area contributed by atoms with Gasteiger partial charge < -0.3 is 47.1 Å². The van der Waals surface area contributed by atoms with E-state index in [9.17, 15) is 39.0 Å². The smallest absolute Gasteiger partial charge is 0.326 e. The summed E-state index contributed by atoms with van der Waals surface area (Å²) in [5.74, 6) is -10.2. The lowest BCUT2D eigenvalue weighted by Crippen LogP contribution is -2.62. The third kappa shape index (κ3) is 15.2. The number of hydrogen-bond donors (Lipinski definition) is 9. The number of carboxylic acid groups (broad SMARTS) is 2. The standard InChI is InChI=1S/C64H75N7O10/c1-7-38(5)55(61(77)68-51(64(80)81)34-44-36-65-48-30-20-19-27-45(44)48)70-62(78)56(39(6)8-2)69-59(75)50(35-52(72)73)66-58(74)49(33-37(3)4)67-63(79)57(53(42-23-11-9-12-24-42)43-25-13-10-14-26-43)71-60(76)54-46-28-17-15-21-40(46)31-32-41-22-16-18-29-47(41)54/h9-30,36-39,49-51,53-57,65H,7-8,31-35H2,1-6H3,(H,66,74)(H,67,79)(H,68,77)(H,69,75)(H,70,78)(H,71,76)(H,72,73)(H,80,81)/t38-,39-,49-,50-,51-,55-,56-,57-/m0/s1. The normalized spacial score (nSPS) is 15.2. The summed E-state index contributed by atoms with van der Waals surface area (Å²) in [6, 6.07) is 33.0. The molecule has 1 aliphatic carbocycles. The molecule has 8 atom stereocenters. The molecule has 426 valence electrons. The van der Waals surface area contributed by atoms with E-state index in [1.807, 2.05) is 147 Å². The quantitative estimate of drug-likeness (QED) is 0.0267. The van der Waals surface area contributed by atoms with Gasteiger partial charge in [-0.3, -0.25) is 33.6 Å². The number of aryl methyl sites for hydroxylation is 2. The molecule has 6 aromatic rings. The van der Waals surface area contributed by atoms with Crippen molar-refractivity contribution >= 4 is 58.3 Å². The minimum atomic E-state index is -1.76. The number of nitrogens with one attached hydrogen (secondary N) is 7. The van der Waals surface area contributed by atoms with Crippen LogP contribution in [0.25, 0.3) is 10.9 Å². The van der Waals surface area contributed by atoms with Crippen molar-refractivity contribution < 1.29 is 48.6 Å². The fourth-order valence-corrected chi connectivity index (χ4v) is 10.7. The Labute approximate surface area is 472 Å². The molecule has 0 saturated carbocycles. The van der Waals surface area contributed by atoms with Crippen molar-refractivity contribution in [3.8, 4) is 0 Å². The number of rotatable bonds is 26. The summed E-state index contributed by atoms with van der Waals surface area (Å²) in [5, 5.41) is 37.9. The van der Waals surface area contributed by atoms with Crippen molar-refractivity contribution in [2.45, 2.75) is 135 Å². The van der Waals surface area contributed by atoms with Gasteiger partial charge in [0.1, 0.15) is 36.3 Å². The molecule has 7 rings (SSSR count). The minimum Gasteiger partial charge on any atom is -0.481 e. The Bertz CT molecular complexity index is 3090. The highest BCUT2D eigenvalue weighted by Crippen LogP contribution is 2.36. The predicted molar refractivity (Wildman–Crippen MR) is 309 cm³/mol. The molecule has 0 saturated heterocycles. The zero-order valence-electron chi connectivity index (χ0n) is 46.7. The Kier molecular flexibility index (Phi) is 20.8. The van der Waals surface area contributed by atoms with Gasteiger partial charge in [-0.1, -0.05) is 182 Å². The van der Waals surface area contributed by atoms with Gasteiger partial charge in [-0.2, -0.15) is 0 Å². The van der Waals surface area contributed by atoms with Crippen LogP contribution in [-0.2, 0) is 57.6 Å². The Morgan fingerprint density at radius 2 is 0.975 bits per heavy atom. The maximum Gasteiger partial charge on any atom is 0.326 e. The number of carbonyl (C=O) groups excluding carboxylic acids is 6. The van der Waals surface area contributed by atoms with Crippen LogP contribution in [0.2, 0.25) is 0 Å². The Morgan fingerprint density at radius 1 is 0.519 bits per heavy atom. The molecule has 17 nitrogen and oxygen atoms in total. The largest absolute Gasteiger partial charge is 0.481 e. The number of aromatic nitrogens is 1. The highest BCUT2D eigenvalue weighted by molar-refractivity contribution is 5.99. The van der Waals surface area contributed by atoms with Gasteiger partial charge in [0, 0.05) is 29.4 Å². The summed E-state index contributed by atoms with van der Waals surface area (Å²) in [6.07, 6.45) is 2.90. The lowest BCUT2D eigenvalue weighted by Gasteiger charge is -2.32. The topological polar surface area (TPSA) is 265 Å². The first-order valence-electron chi connectivity index (χ1n) is 28.0. The summed E-state index contributed by atoms with van der Waals surface area (Å²) in [4.78, 5) is 116. The summed E-state index contributed by atoms with van der Waals surface area (Å²) in [6.45, 7) is 10.6. The molecule has 1 aliphatic rings. The van der Waals surface area contributed by atoms with Crippen molar-refractivity contribution in [2.24, 2.45) is 17.8 Å².